The van der Waals surface area contributed by atoms with Gasteiger partial charge in [-0.25, -0.2) is 0 Å². The van der Waals surface area contributed by atoms with Gasteiger partial charge in [-0.1, -0.05) is 32.4 Å². The number of hydrogen-bond acceptors (Lipinski definition) is 3. The van der Waals surface area contributed by atoms with Gasteiger partial charge in [0.1, 0.15) is 11.5 Å². The van der Waals surface area contributed by atoms with E-state index in [2.05, 4.69) is 43.4 Å². The van der Waals surface area contributed by atoms with Crippen LogP contribution in [0, 0.1) is 5.92 Å². The summed E-state index contributed by atoms with van der Waals surface area (Å²) in [5.41, 5.74) is 1.41. The third-order valence-electron chi connectivity index (χ3n) is 4.23. The van der Waals surface area contributed by atoms with E-state index >= 15 is 0 Å². The van der Waals surface area contributed by atoms with E-state index < -0.39 is 0 Å². The van der Waals surface area contributed by atoms with Gasteiger partial charge in [0, 0.05) is 0 Å². The van der Waals surface area contributed by atoms with Crippen LogP contribution in [0.4, 0.5) is 0 Å². The van der Waals surface area contributed by atoms with Crippen molar-refractivity contribution in [3.05, 3.63) is 54.0 Å². The van der Waals surface area contributed by atoms with E-state index in [0.29, 0.717) is 5.92 Å². The van der Waals surface area contributed by atoms with Crippen LogP contribution in [-0.4, -0.2) is 13.7 Å². The highest BCUT2D eigenvalue weighted by Gasteiger charge is 2.12. The monoisotopic (exact) mass is 315 g/mol. The van der Waals surface area contributed by atoms with E-state index in [4.69, 9.17) is 9.15 Å². The Morgan fingerprint density at radius 2 is 1.83 bits per heavy atom. The molecule has 0 unspecified atom stereocenters. The standard InChI is InChI=1S/C20H29NO2/c1-16(2)6-7-18(17-8-10-19(22-3)11-9-17)12-13-21-15-20-5-4-14-23-20/h4-5,8-11,14,16,18,21H,6-7,12-13,15H2,1-3H3/t18-/m0/s1. The Bertz CT molecular complexity index is 531. The maximum Gasteiger partial charge on any atom is 0.118 e. The first kappa shape index (κ1) is 17.6. The minimum absolute atomic E-state index is 0.590. The predicted molar refractivity (Wildman–Crippen MR) is 94.8 cm³/mol. The lowest BCUT2D eigenvalue weighted by atomic mass is 9.89. The largest absolute Gasteiger partial charge is 0.497 e. The average molecular weight is 315 g/mol. The van der Waals surface area contributed by atoms with Crippen molar-refractivity contribution in [2.45, 2.75) is 45.6 Å². The molecule has 0 radical (unpaired) electrons. The van der Waals surface area contributed by atoms with Crippen LogP contribution in [0.2, 0.25) is 0 Å². The summed E-state index contributed by atoms with van der Waals surface area (Å²) < 4.78 is 10.6. The highest BCUT2D eigenvalue weighted by Crippen LogP contribution is 2.28. The van der Waals surface area contributed by atoms with Gasteiger partial charge in [0.15, 0.2) is 0 Å². The summed E-state index contributed by atoms with van der Waals surface area (Å²) in [5.74, 6) is 3.25. The molecule has 1 aromatic heterocycles. The van der Waals surface area contributed by atoms with Crippen LogP contribution >= 0.6 is 0 Å². The molecule has 126 valence electrons. The predicted octanol–water partition coefficient (Wildman–Crippen LogP) is 4.99. The number of methoxy groups -OCH3 is 1. The van der Waals surface area contributed by atoms with E-state index in [-0.39, 0.29) is 0 Å². The van der Waals surface area contributed by atoms with Crippen molar-refractivity contribution in [3.63, 3.8) is 0 Å². The van der Waals surface area contributed by atoms with Gasteiger partial charge >= 0.3 is 0 Å². The fraction of sp³-hybridized carbons (Fsp3) is 0.500. The molecule has 2 rings (SSSR count). The molecule has 2 aromatic rings. The van der Waals surface area contributed by atoms with Gasteiger partial charge in [-0.15, -0.1) is 0 Å². The van der Waals surface area contributed by atoms with E-state index in [1.807, 2.05) is 12.1 Å². The molecule has 23 heavy (non-hydrogen) atoms. The van der Waals surface area contributed by atoms with Crippen LogP contribution < -0.4 is 10.1 Å². The molecule has 0 bridgehead atoms. The van der Waals surface area contributed by atoms with Gasteiger partial charge in [-0.3, -0.25) is 0 Å². The molecule has 3 nitrogen and oxygen atoms in total. The van der Waals surface area contributed by atoms with Crippen LogP contribution in [0.1, 0.15) is 50.4 Å². The fourth-order valence-corrected chi connectivity index (χ4v) is 2.79. The topological polar surface area (TPSA) is 34.4 Å². The minimum Gasteiger partial charge on any atom is -0.497 e. The van der Waals surface area contributed by atoms with Crippen molar-refractivity contribution in [2.24, 2.45) is 5.92 Å². The summed E-state index contributed by atoms with van der Waals surface area (Å²) >= 11 is 0. The number of rotatable bonds is 10. The van der Waals surface area contributed by atoms with Crippen LogP contribution in [0.5, 0.6) is 5.75 Å². The molecule has 0 saturated carbocycles. The number of nitrogens with one attached hydrogen (secondary N) is 1. The first-order valence-electron chi connectivity index (χ1n) is 8.56. The van der Waals surface area contributed by atoms with Crippen LogP contribution in [-0.2, 0) is 6.54 Å². The molecule has 0 saturated heterocycles. The highest BCUT2D eigenvalue weighted by molar-refractivity contribution is 5.29. The quantitative estimate of drug-likeness (QED) is 0.627. The van der Waals surface area contributed by atoms with Crippen molar-refractivity contribution in [2.75, 3.05) is 13.7 Å². The Kier molecular flexibility index (Phi) is 7.21. The molecule has 1 heterocycles. The summed E-state index contributed by atoms with van der Waals surface area (Å²) in [6, 6.07) is 12.5. The maximum absolute atomic E-state index is 5.35. The van der Waals surface area contributed by atoms with E-state index in [9.17, 15) is 0 Å². The Balaban J connectivity index is 1.87. The summed E-state index contributed by atoms with van der Waals surface area (Å²) in [5, 5.41) is 3.48. The van der Waals surface area contributed by atoms with Gasteiger partial charge in [0.05, 0.1) is 19.9 Å². The van der Waals surface area contributed by atoms with E-state index in [0.717, 1.165) is 36.9 Å². The molecule has 0 aliphatic heterocycles. The molecule has 0 fully saturated rings. The zero-order valence-electron chi connectivity index (χ0n) is 14.5. The Morgan fingerprint density at radius 3 is 2.43 bits per heavy atom. The number of hydrogen-bond donors (Lipinski definition) is 1. The second-order valence-corrected chi connectivity index (χ2v) is 6.49. The third kappa shape index (κ3) is 6.11. The van der Waals surface area contributed by atoms with Crippen molar-refractivity contribution < 1.29 is 9.15 Å². The molecule has 0 spiro atoms. The van der Waals surface area contributed by atoms with Crippen LogP contribution in [0.15, 0.2) is 47.1 Å². The number of benzene rings is 1. The lowest BCUT2D eigenvalue weighted by Crippen LogP contribution is -2.17. The molecule has 1 N–H and O–H groups in total. The van der Waals surface area contributed by atoms with E-state index in [1.165, 1.54) is 18.4 Å². The Labute approximate surface area is 140 Å². The first-order chi connectivity index (χ1) is 11.2. The lowest BCUT2D eigenvalue weighted by molar-refractivity contribution is 0.414. The second kappa shape index (κ2) is 9.41. The van der Waals surface area contributed by atoms with Crippen molar-refractivity contribution >= 4 is 0 Å². The summed E-state index contributed by atoms with van der Waals surface area (Å²) in [6.07, 6.45) is 5.35. The lowest BCUT2D eigenvalue weighted by Gasteiger charge is -2.19. The van der Waals surface area contributed by atoms with Gasteiger partial charge < -0.3 is 14.5 Å². The minimum atomic E-state index is 0.590. The smallest absolute Gasteiger partial charge is 0.118 e. The molecule has 1 atom stereocenters. The molecular formula is C20H29NO2. The molecule has 0 aliphatic rings. The molecule has 0 amide bonds. The molecule has 0 aliphatic carbocycles. The average Bonchev–Trinajstić information content (AvgIpc) is 3.07. The highest BCUT2D eigenvalue weighted by atomic mass is 16.5. The van der Waals surface area contributed by atoms with Crippen molar-refractivity contribution in [1.29, 1.82) is 0 Å². The van der Waals surface area contributed by atoms with Gasteiger partial charge in [-0.2, -0.15) is 0 Å². The SMILES string of the molecule is COc1ccc([C@H](CCNCc2ccco2)CCC(C)C)cc1. The van der Waals surface area contributed by atoms with E-state index in [1.54, 1.807) is 13.4 Å². The zero-order valence-corrected chi connectivity index (χ0v) is 14.5. The summed E-state index contributed by atoms with van der Waals surface area (Å²) in [4.78, 5) is 0. The zero-order chi connectivity index (χ0) is 16.5. The Morgan fingerprint density at radius 1 is 1.04 bits per heavy atom. The maximum atomic E-state index is 5.35. The summed E-state index contributed by atoms with van der Waals surface area (Å²) in [7, 11) is 1.71. The fourth-order valence-electron chi connectivity index (χ4n) is 2.79. The normalized spacial score (nSPS) is 12.5. The first-order valence-corrected chi connectivity index (χ1v) is 8.56. The van der Waals surface area contributed by atoms with Gasteiger partial charge in [-0.05, 0) is 61.1 Å². The third-order valence-corrected chi connectivity index (χ3v) is 4.23. The van der Waals surface area contributed by atoms with Crippen LogP contribution in [0.3, 0.4) is 0 Å². The van der Waals surface area contributed by atoms with Crippen molar-refractivity contribution in [1.82, 2.24) is 5.32 Å². The molecular weight excluding hydrogens is 286 g/mol. The van der Waals surface area contributed by atoms with Gasteiger partial charge in [0.25, 0.3) is 0 Å². The molecule has 1 aromatic carbocycles. The second-order valence-electron chi connectivity index (χ2n) is 6.49. The van der Waals surface area contributed by atoms with Crippen molar-refractivity contribution in [3.8, 4) is 5.75 Å². The van der Waals surface area contributed by atoms with Gasteiger partial charge in [0.2, 0.25) is 0 Å². The summed E-state index contributed by atoms with van der Waals surface area (Å²) in [6.45, 7) is 6.38. The van der Waals surface area contributed by atoms with Crippen LogP contribution in [0.25, 0.3) is 0 Å². The number of ether oxygens (including phenoxy) is 1. The molecule has 3 heteroatoms. The Hall–Kier alpha value is -1.74. The number of furan rings is 1.